The van der Waals surface area contributed by atoms with Gasteiger partial charge in [-0.15, -0.1) is 0 Å². The van der Waals surface area contributed by atoms with Gasteiger partial charge in [-0.3, -0.25) is 4.79 Å². The number of benzene rings is 1. The van der Waals surface area contributed by atoms with Gasteiger partial charge in [0.1, 0.15) is 5.75 Å². The summed E-state index contributed by atoms with van der Waals surface area (Å²) in [5.41, 5.74) is 0.888. The monoisotopic (exact) mass is 214 g/mol. The number of alkyl halides is 1. The molecule has 0 radical (unpaired) electrons. The van der Waals surface area contributed by atoms with Crippen molar-refractivity contribution in [1.29, 1.82) is 0 Å². The van der Waals surface area contributed by atoms with Crippen LogP contribution >= 0.6 is 11.6 Å². The second-order valence-electron chi connectivity index (χ2n) is 2.65. The zero-order valence-corrected chi connectivity index (χ0v) is 8.58. The van der Waals surface area contributed by atoms with Crippen molar-refractivity contribution in [2.45, 2.75) is 6.42 Å². The minimum atomic E-state index is -0.254. The number of methoxy groups -OCH3 is 1. The Kier molecular flexibility index (Phi) is 4.26. The molecule has 0 bridgehead atoms. The molecule has 0 N–H and O–H groups in total. The van der Waals surface area contributed by atoms with E-state index in [0.29, 0.717) is 5.75 Å². The molecule has 14 heavy (non-hydrogen) atoms. The van der Waals surface area contributed by atoms with Gasteiger partial charge in [0.2, 0.25) is 0 Å². The molecule has 0 spiro atoms. The molecule has 0 aliphatic rings. The van der Waals surface area contributed by atoms with Crippen molar-refractivity contribution < 1.29 is 14.3 Å². The number of carbonyl (C=O) groups is 1. The highest BCUT2D eigenvalue weighted by molar-refractivity contribution is 6.17. The van der Waals surface area contributed by atoms with Gasteiger partial charge < -0.3 is 9.47 Å². The van der Waals surface area contributed by atoms with Crippen LogP contribution in [-0.4, -0.2) is 19.1 Å². The Morgan fingerprint density at radius 1 is 1.36 bits per heavy atom. The molecule has 1 aromatic carbocycles. The summed E-state index contributed by atoms with van der Waals surface area (Å²) >= 11 is 5.39. The van der Waals surface area contributed by atoms with Crippen LogP contribution in [0, 0.1) is 0 Å². The number of rotatable bonds is 4. The average Bonchev–Trinajstić information content (AvgIpc) is 2.21. The maximum Gasteiger partial charge on any atom is 0.309 e. The molecule has 0 saturated carbocycles. The second-order valence-corrected chi connectivity index (χ2v) is 2.87. The molecule has 0 aliphatic carbocycles. The summed E-state index contributed by atoms with van der Waals surface area (Å²) in [6.45, 7) is 0. The molecule has 0 saturated heterocycles. The van der Waals surface area contributed by atoms with E-state index in [2.05, 4.69) is 4.74 Å². The molecule has 0 aromatic heterocycles. The highest BCUT2D eigenvalue weighted by atomic mass is 35.5. The lowest BCUT2D eigenvalue weighted by atomic mass is 10.1. The highest BCUT2D eigenvalue weighted by Crippen LogP contribution is 2.12. The summed E-state index contributed by atoms with van der Waals surface area (Å²) in [6, 6.07) is 7.26. The van der Waals surface area contributed by atoms with Crippen LogP contribution in [0.3, 0.4) is 0 Å². The van der Waals surface area contributed by atoms with Gasteiger partial charge in [-0.2, -0.15) is 0 Å². The first-order chi connectivity index (χ1) is 6.76. The van der Waals surface area contributed by atoms with Crippen molar-refractivity contribution in [1.82, 2.24) is 0 Å². The lowest BCUT2D eigenvalue weighted by molar-refractivity contribution is -0.139. The standard InChI is InChI=1S/C10H11ClO3/c1-13-10(12)6-8-2-4-9(5-3-8)14-7-11/h2-5H,6-7H2,1H3. The summed E-state index contributed by atoms with van der Waals surface area (Å²) in [5.74, 6) is 0.435. The molecular formula is C10H11ClO3. The van der Waals surface area contributed by atoms with E-state index < -0.39 is 0 Å². The fraction of sp³-hybridized carbons (Fsp3) is 0.300. The molecule has 0 atom stereocenters. The molecular weight excluding hydrogens is 204 g/mol. The van der Waals surface area contributed by atoms with Crippen molar-refractivity contribution in [3.05, 3.63) is 29.8 Å². The topological polar surface area (TPSA) is 35.5 Å². The smallest absolute Gasteiger partial charge is 0.309 e. The van der Waals surface area contributed by atoms with Crippen molar-refractivity contribution in [2.75, 3.05) is 13.2 Å². The first-order valence-electron chi connectivity index (χ1n) is 4.11. The van der Waals surface area contributed by atoms with Crippen molar-refractivity contribution in [3.8, 4) is 5.75 Å². The van der Waals surface area contributed by atoms with Crippen LogP contribution in [0.15, 0.2) is 24.3 Å². The van der Waals surface area contributed by atoms with Gasteiger partial charge in [0.25, 0.3) is 0 Å². The minimum Gasteiger partial charge on any atom is -0.478 e. The van der Waals surface area contributed by atoms with Gasteiger partial charge in [0, 0.05) is 0 Å². The fourth-order valence-electron chi connectivity index (χ4n) is 1.01. The van der Waals surface area contributed by atoms with Gasteiger partial charge in [0.15, 0.2) is 6.07 Å². The maximum atomic E-state index is 10.9. The quantitative estimate of drug-likeness (QED) is 0.568. The summed E-state index contributed by atoms with van der Waals surface area (Å²) < 4.78 is 9.58. The molecule has 76 valence electrons. The van der Waals surface area contributed by atoms with E-state index in [-0.39, 0.29) is 18.5 Å². The lowest BCUT2D eigenvalue weighted by Gasteiger charge is -2.03. The Morgan fingerprint density at radius 2 is 2.00 bits per heavy atom. The Balaban J connectivity index is 2.59. The molecule has 0 amide bonds. The zero-order chi connectivity index (χ0) is 10.4. The maximum absolute atomic E-state index is 10.9. The van der Waals surface area contributed by atoms with E-state index in [9.17, 15) is 4.79 Å². The van der Waals surface area contributed by atoms with E-state index >= 15 is 0 Å². The van der Waals surface area contributed by atoms with Crippen LogP contribution < -0.4 is 4.74 Å². The SMILES string of the molecule is COC(=O)Cc1ccc(OCCl)cc1. The normalized spacial score (nSPS) is 9.57. The van der Waals surface area contributed by atoms with E-state index in [1.54, 1.807) is 24.3 Å². The molecule has 4 heteroatoms. The summed E-state index contributed by atoms with van der Waals surface area (Å²) in [7, 11) is 1.37. The third-order valence-electron chi connectivity index (χ3n) is 1.72. The van der Waals surface area contributed by atoms with Crippen LogP contribution in [0.5, 0.6) is 5.75 Å². The molecule has 0 unspecified atom stereocenters. The van der Waals surface area contributed by atoms with Gasteiger partial charge in [-0.05, 0) is 17.7 Å². The number of esters is 1. The highest BCUT2D eigenvalue weighted by Gasteiger charge is 2.02. The second kappa shape index (κ2) is 5.50. The fourth-order valence-corrected chi connectivity index (χ4v) is 1.13. The third-order valence-corrected chi connectivity index (χ3v) is 1.83. The van der Waals surface area contributed by atoms with Crippen LogP contribution in [0.4, 0.5) is 0 Å². The Bertz CT molecular complexity index is 295. The molecule has 1 aromatic rings. The lowest BCUT2D eigenvalue weighted by Crippen LogP contribution is -2.04. The number of halogens is 1. The van der Waals surface area contributed by atoms with Crippen LogP contribution in [0.2, 0.25) is 0 Å². The molecule has 0 fully saturated rings. The number of ether oxygens (including phenoxy) is 2. The summed E-state index contributed by atoms with van der Waals surface area (Å²) in [6.07, 6.45) is 0.275. The van der Waals surface area contributed by atoms with Crippen LogP contribution in [0.1, 0.15) is 5.56 Å². The van der Waals surface area contributed by atoms with Gasteiger partial charge in [0.05, 0.1) is 13.5 Å². The Labute approximate surface area is 87.6 Å². The van der Waals surface area contributed by atoms with Crippen molar-refractivity contribution in [2.24, 2.45) is 0 Å². The molecule has 3 nitrogen and oxygen atoms in total. The summed E-state index contributed by atoms with van der Waals surface area (Å²) in [4.78, 5) is 10.9. The van der Waals surface area contributed by atoms with Crippen molar-refractivity contribution >= 4 is 17.6 Å². The molecule has 0 heterocycles. The van der Waals surface area contributed by atoms with Crippen LogP contribution in [0.25, 0.3) is 0 Å². The Hall–Kier alpha value is -1.22. The predicted octanol–water partition coefficient (Wildman–Crippen LogP) is 1.98. The van der Waals surface area contributed by atoms with E-state index in [0.717, 1.165) is 5.56 Å². The third kappa shape index (κ3) is 3.26. The van der Waals surface area contributed by atoms with E-state index in [1.807, 2.05) is 0 Å². The first kappa shape index (κ1) is 10.9. The zero-order valence-electron chi connectivity index (χ0n) is 7.83. The van der Waals surface area contributed by atoms with E-state index in [4.69, 9.17) is 16.3 Å². The summed E-state index contributed by atoms with van der Waals surface area (Å²) in [5, 5.41) is 0. The van der Waals surface area contributed by atoms with Gasteiger partial charge >= 0.3 is 5.97 Å². The predicted molar refractivity (Wildman–Crippen MR) is 53.5 cm³/mol. The number of carbonyl (C=O) groups excluding carboxylic acids is 1. The molecule has 1 rings (SSSR count). The minimum absolute atomic E-state index is 0.121. The number of hydrogen-bond donors (Lipinski definition) is 0. The van der Waals surface area contributed by atoms with Gasteiger partial charge in [-0.1, -0.05) is 23.7 Å². The molecule has 0 aliphatic heterocycles. The van der Waals surface area contributed by atoms with Gasteiger partial charge in [-0.25, -0.2) is 0 Å². The first-order valence-corrected chi connectivity index (χ1v) is 4.64. The van der Waals surface area contributed by atoms with E-state index in [1.165, 1.54) is 7.11 Å². The largest absolute Gasteiger partial charge is 0.478 e. The Morgan fingerprint density at radius 3 is 2.50 bits per heavy atom. The van der Waals surface area contributed by atoms with Crippen molar-refractivity contribution in [3.63, 3.8) is 0 Å². The van der Waals surface area contributed by atoms with Crippen LogP contribution in [-0.2, 0) is 16.0 Å². The average molecular weight is 215 g/mol. The number of hydrogen-bond acceptors (Lipinski definition) is 3.